The number of carbonyl (C=O) groups is 2. The largest absolute Gasteiger partial charge is 0.444 e. The maximum Gasteiger partial charge on any atom is 0.411 e. The van der Waals surface area contributed by atoms with Crippen LogP contribution in [-0.2, 0) is 35.3 Å². The van der Waals surface area contributed by atoms with Gasteiger partial charge in [-0.05, 0) is 110 Å². The number of amides is 2. The Kier molecular flexibility index (Phi) is 11.3. The van der Waals surface area contributed by atoms with E-state index >= 15 is 0 Å². The van der Waals surface area contributed by atoms with Crippen molar-refractivity contribution in [3.63, 3.8) is 0 Å². The molecule has 1 aliphatic carbocycles. The molecule has 9 nitrogen and oxygen atoms in total. The number of aryl methyl sites for hydroxylation is 4. The third-order valence-corrected chi connectivity index (χ3v) is 10.1. The fourth-order valence-electron chi connectivity index (χ4n) is 7.06. The predicted molar refractivity (Wildman–Crippen MR) is 199 cm³/mol. The molecule has 2 aromatic heterocycles. The van der Waals surface area contributed by atoms with Crippen LogP contribution in [0.1, 0.15) is 66.9 Å². The molecule has 2 aliphatic rings. The van der Waals surface area contributed by atoms with Crippen molar-refractivity contribution in [2.24, 2.45) is 0 Å². The van der Waals surface area contributed by atoms with Crippen LogP contribution in [0.5, 0.6) is 0 Å². The van der Waals surface area contributed by atoms with E-state index < -0.39 is 17.7 Å². The SMILES string of the molecule is Cc1cn(CCCN(CCc2ccccc2)C(=O)[C@H]2CN(C3c4ccc(Cl)cc4CCc4cc(Br)cnc43)CCN2C(=O)OC(C)(C)C)cn1. The van der Waals surface area contributed by atoms with Crippen molar-refractivity contribution >= 4 is 39.5 Å². The lowest BCUT2D eigenvalue weighted by molar-refractivity contribution is -0.139. The lowest BCUT2D eigenvalue weighted by Crippen LogP contribution is -2.62. The van der Waals surface area contributed by atoms with Crippen LogP contribution in [0.3, 0.4) is 0 Å². The average Bonchev–Trinajstić information content (AvgIpc) is 3.43. The van der Waals surface area contributed by atoms with Gasteiger partial charge in [-0.2, -0.15) is 0 Å². The number of fused-ring (bicyclic) bond motifs is 2. The molecule has 2 atom stereocenters. The number of halogens is 2. The molecule has 1 fully saturated rings. The van der Waals surface area contributed by atoms with E-state index in [0.29, 0.717) is 44.2 Å². The topological polar surface area (TPSA) is 83.8 Å². The average molecular weight is 762 g/mol. The minimum atomic E-state index is -0.747. The van der Waals surface area contributed by atoms with Crippen molar-refractivity contribution in [3.8, 4) is 0 Å². The number of hydrogen-bond acceptors (Lipinski definition) is 6. The zero-order chi connectivity index (χ0) is 35.4. The molecule has 0 N–H and O–H groups in total. The molecule has 11 heteroatoms. The first-order valence-corrected chi connectivity index (χ1v) is 18.6. The maximum atomic E-state index is 14.9. The van der Waals surface area contributed by atoms with Gasteiger partial charge in [0.05, 0.1) is 23.8 Å². The third kappa shape index (κ3) is 8.76. The van der Waals surface area contributed by atoms with E-state index in [1.807, 2.05) is 75.6 Å². The van der Waals surface area contributed by atoms with Gasteiger partial charge in [-0.3, -0.25) is 19.6 Å². The second kappa shape index (κ2) is 15.7. The number of piperazine rings is 1. The zero-order valence-electron chi connectivity index (χ0n) is 29.3. The van der Waals surface area contributed by atoms with Gasteiger partial charge in [0.15, 0.2) is 0 Å². The second-order valence-corrected chi connectivity index (χ2v) is 15.6. The number of ether oxygens (including phenoxy) is 1. The standard InChI is InChI=1S/C39H46BrClN6O3/c1-27-24-44(26-43-27)16-8-17-45(18-15-28-9-6-5-7-10-28)37(48)34-25-46(19-20-47(34)38(49)50-39(2,3)4)36-33-14-13-32(41)22-29(33)11-12-30-21-31(40)23-42-35(30)36/h5-7,9-10,13-14,21-24,26,34,36H,8,11-12,15-20,25H2,1-4H3/t34-,36?/m1/s1. The number of nitrogens with zero attached hydrogens (tertiary/aromatic N) is 6. The van der Waals surface area contributed by atoms with Crippen molar-refractivity contribution in [2.75, 3.05) is 32.7 Å². The minimum Gasteiger partial charge on any atom is -0.444 e. The molecule has 0 bridgehead atoms. The van der Waals surface area contributed by atoms with Crippen LogP contribution < -0.4 is 0 Å². The summed E-state index contributed by atoms with van der Waals surface area (Å²) in [5, 5.41) is 0.699. The number of hydrogen-bond donors (Lipinski definition) is 0. The maximum absolute atomic E-state index is 14.9. The predicted octanol–water partition coefficient (Wildman–Crippen LogP) is 7.27. The highest BCUT2D eigenvalue weighted by molar-refractivity contribution is 9.10. The molecule has 6 rings (SSSR count). The summed E-state index contributed by atoms with van der Waals surface area (Å²) in [6, 6.07) is 17.5. The first-order valence-electron chi connectivity index (χ1n) is 17.4. The Bertz CT molecular complexity index is 1760. The number of aromatic nitrogens is 3. The summed E-state index contributed by atoms with van der Waals surface area (Å²) >= 11 is 10.1. The Hall–Kier alpha value is -3.73. The summed E-state index contributed by atoms with van der Waals surface area (Å²) in [5.41, 5.74) is 5.87. The molecular weight excluding hydrogens is 716 g/mol. The van der Waals surface area contributed by atoms with Crippen molar-refractivity contribution in [3.05, 3.63) is 116 Å². The second-order valence-electron chi connectivity index (χ2n) is 14.3. The van der Waals surface area contributed by atoms with E-state index in [1.165, 1.54) is 5.56 Å². The summed E-state index contributed by atoms with van der Waals surface area (Å²) in [7, 11) is 0. The van der Waals surface area contributed by atoms with Crippen molar-refractivity contribution in [1.82, 2.24) is 29.2 Å². The van der Waals surface area contributed by atoms with Crippen LogP contribution >= 0.6 is 27.5 Å². The number of imidazole rings is 1. The molecule has 4 aromatic rings. The molecular formula is C39H46BrClN6O3. The molecule has 1 saturated heterocycles. The van der Waals surface area contributed by atoms with Crippen LogP contribution in [0.25, 0.3) is 0 Å². The van der Waals surface area contributed by atoms with E-state index in [4.69, 9.17) is 21.3 Å². The summed E-state index contributed by atoms with van der Waals surface area (Å²) in [6.45, 7) is 10.6. The summed E-state index contributed by atoms with van der Waals surface area (Å²) in [4.78, 5) is 44.0. The van der Waals surface area contributed by atoms with E-state index in [2.05, 4.69) is 60.7 Å². The Labute approximate surface area is 308 Å². The molecule has 50 heavy (non-hydrogen) atoms. The van der Waals surface area contributed by atoms with Gasteiger partial charge in [-0.1, -0.05) is 48.0 Å². The minimum absolute atomic E-state index is 0.0766. The van der Waals surface area contributed by atoms with Gasteiger partial charge in [0, 0.05) is 61.2 Å². The first kappa shape index (κ1) is 36.1. The quantitative estimate of drug-likeness (QED) is 0.179. The molecule has 0 radical (unpaired) electrons. The van der Waals surface area contributed by atoms with Gasteiger partial charge in [0.2, 0.25) is 5.91 Å². The Morgan fingerprint density at radius 2 is 1.80 bits per heavy atom. The van der Waals surface area contributed by atoms with Crippen LogP contribution in [0.15, 0.2) is 77.8 Å². The molecule has 0 spiro atoms. The molecule has 264 valence electrons. The number of pyridine rings is 1. The van der Waals surface area contributed by atoms with E-state index in [-0.39, 0.29) is 11.9 Å². The Morgan fingerprint density at radius 3 is 2.54 bits per heavy atom. The zero-order valence-corrected chi connectivity index (χ0v) is 31.7. The Balaban J connectivity index is 1.33. The normalized spacial score (nSPS) is 17.8. The molecule has 1 aliphatic heterocycles. The number of benzene rings is 2. The van der Waals surface area contributed by atoms with Gasteiger partial charge in [0.25, 0.3) is 0 Å². The molecule has 0 saturated carbocycles. The summed E-state index contributed by atoms with van der Waals surface area (Å²) in [5.74, 6) is -0.0766. The fraction of sp³-hybridized carbons (Fsp3) is 0.436. The summed E-state index contributed by atoms with van der Waals surface area (Å²) in [6.07, 6.45) is 8.35. The molecule has 2 amide bonds. The summed E-state index contributed by atoms with van der Waals surface area (Å²) < 4.78 is 8.89. The molecule has 1 unspecified atom stereocenters. The smallest absolute Gasteiger partial charge is 0.411 e. The molecule has 2 aromatic carbocycles. The molecule has 3 heterocycles. The van der Waals surface area contributed by atoms with Gasteiger partial charge in [-0.15, -0.1) is 0 Å². The van der Waals surface area contributed by atoms with Crippen LogP contribution in [0, 0.1) is 6.92 Å². The van der Waals surface area contributed by atoms with Gasteiger partial charge >= 0.3 is 6.09 Å². The first-order chi connectivity index (χ1) is 23.9. The van der Waals surface area contributed by atoms with Gasteiger partial charge in [0.1, 0.15) is 11.6 Å². The van der Waals surface area contributed by atoms with E-state index in [1.54, 1.807) is 4.90 Å². The highest BCUT2D eigenvalue weighted by Gasteiger charge is 2.43. The van der Waals surface area contributed by atoms with Crippen molar-refractivity contribution in [2.45, 2.75) is 77.6 Å². The van der Waals surface area contributed by atoms with Gasteiger partial charge in [-0.25, -0.2) is 9.78 Å². The van der Waals surface area contributed by atoms with Crippen LogP contribution in [0.4, 0.5) is 4.79 Å². The van der Waals surface area contributed by atoms with Gasteiger partial charge < -0.3 is 14.2 Å². The van der Waals surface area contributed by atoms with Crippen LogP contribution in [0.2, 0.25) is 5.02 Å². The number of carbonyl (C=O) groups excluding carboxylic acids is 2. The third-order valence-electron chi connectivity index (χ3n) is 9.41. The highest BCUT2D eigenvalue weighted by atomic mass is 79.9. The number of rotatable bonds is 9. The van der Waals surface area contributed by atoms with Crippen LogP contribution in [-0.4, -0.2) is 85.6 Å². The highest BCUT2D eigenvalue weighted by Crippen LogP contribution is 2.39. The lowest BCUT2D eigenvalue weighted by Gasteiger charge is -2.45. The van der Waals surface area contributed by atoms with Crippen molar-refractivity contribution in [1.29, 1.82) is 0 Å². The monoisotopic (exact) mass is 760 g/mol. The van der Waals surface area contributed by atoms with E-state index in [9.17, 15) is 9.59 Å². The van der Waals surface area contributed by atoms with E-state index in [0.717, 1.165) is 58.4 Å². The van der Waals surface area contributed by atoms with Crippen molar-refractivity contribution < 1.29 is 14.3 Å². The Morgan fingerprint density at radius 1 is 1.02 bits per heavy atom. The fourth-order valence-corrected chi connectivity index (χ4v) is 7.63. The lowest BCUT2D eigenvalue weighted by atomic mass is 9.95.